The smallest absolute Gasteiger partial charge is 0.301 e. The van der Waals surface area contributed by atoms with Crippen molar-refractivity contribution in [1.82, 2.24) is 0 Å². The Bertz CT molecular complexity index is 416. The summed E-state index contributed by atoms with van der Waals surface area (Å²) in [6, 6.07) is 9.63. The van der Waals surface area contributed by atoms with Crippen LogP contribution < -0.4 is 0 Å². The first-order valence-corrected chi connectivity index (χ1v) is 7.28. The molecular formula is C13H18O5S. The zero-order chi connectivity index (χ0) is 13.7. The van der Waals surface area contributed by atoms with Gasteiger partial charge >= 0.3 is 11.4 Å². The maximum atomic E-state index is 10.7. The van der Waals surface area contributed by atoms with Crippen LogP contribution in [0.3, 0.4) is 0 Å². The fraction of sp³-hybridized carbons (Fsp3) is 0.538. The highest BCUT2D eigenvalue weighted by Crippen LogP contribution is 2.38. The van der Waals surface area contributed by atoms with Crippen molar-refractivity contribution in [2.24, 2.45) is 0 Å². The molecule has 1 heterocycles. The van der Waals surface area contributed by atoms with Crippen LogP contribution in [-0.4, -0.2) is 34.4 Å². The fourth-order valence-electron chi connectivity index (χ4n) is 2.41. The molecule has 1 aromatic carbocycles. The van der Waals surface area contributed by atoms with Crippen molar-refractivity contribution in [2.75, 3.05) is 19.8 Å². The van der Waals surface area contributed by atoms with Crippen molar-refractivity contribution >= 4 is 11.4 Å². The molecule has 1 aliphatic rings. The first-order valence-electron chi connectivity index (χ1n) is 6.25. The van der Waals surface area contributed by atoms with Gasteiger partial charge in [-0.2, -0.15) is 4.21 Å². The average molecular weight is 286 g/mol. The van der Waals surface area contributed by atoms with Crippen molar-refractivity contribution in [2.45, 2.75) is 25.0 Å². The standard InChI is InChI=1S/C13H18O5S/c1-2-13(16-8-9-17-13)12(10-18-19(14)15)11-6-4-3-5-7-11/h3-7,12H,2,8-10H2,1H3,(H,14,15). The zero-order valence-corrected chi connectivity index (χ0v) is 11.6. The molecule has 106 valence electrons. The number of benzene rings is 1. The summed E-state index contributed by atoms with van der Waals surface area (Å²) in [6.45, 7) is 3.09. The molecule has 6 heteroatoms. The molecule has 5 nitrogen and oxygen atoms in total. The second kappa shape index (κ2) is 6.58. The van der Waals surface area contributed by atoms with Gasteiger partial charge in [-0.15, -0.1) is 0 Å². The van der Waals surface area contributed by atoms with E-state index in [4.69, 9.17) is 18.2 Å². The fourth-order valence-corrected chi connectivity index (χ4v) is 2.66. The van der Waals surface area contributed by atoms with Crippen molar-refractivity contribution in [3.63, 3.8) is 0 Å². The Morgan fingerprint density at radius 1 is 1.37 bits per heavy atom. The summed E-state index contributed by atoms with van der Waals surface area (Å²) in [5.74, 6) is -1.02. The molecule has 0 spiro atoms. The van der Waals surface area contributed by atoms with Crippen molar-refractivity contribution < 1.29 is 22.4 Å². The molecule has 1 fully saturated rings. The van der Waals surface area contributed by atoms with Gasteiger partial charge in [-0.3, -0.25) is 8.74 Å². The highest BCUT2D eigenvalue weighted by molar-refractivity contribution is 7.74. The van der Waals surface area contributed by atoms with Gasteiger partial charge in [0.15, 0.2) is 5.79 Å². The maximum absolute atomic E-state index is 10.7. The first-order chi connectivity index (χ1) is 9.18. The van der Waals surface area contributed by atoms with Gasteiger partial charge < -0.3 is 9.47 Å². The molecule has 0 saturated carbocycles. The predicted molar refractivity (Wildman–Crippen MR) is 70.8 cm³/mol. The Labute approximate surface area is 115 Å². The molecule has 0 bridgehead atoms. The topological polar surface area (TPSA) is 65.0 Å². The second-order valence-electron chi connectivity index (χ2n) is 4.33. The number of hydrogen-bond donors (Lipinski definition) is 1. The third kappa shape index (κ3) is 3.40. The second-order valence-corrected chi connectivity index (χ2v) is 5.00. The van der Waals surface area contributed by atoms with E-state index >= 15 is 0 Å². The van der Waals surface area contributed by atoms with Gasteiger partial charge in [0.1, 0.15) is 0 Å². The van der Waals surface area contributed by atoms with Gasteiger partial charge in [0.2, 0.25) is 0 Å². The third-order valence-electron chi connectivity index (χ3n) is 3.34. The van der Waals surface area contributed by atoms with E-state index in [0.717, 1.165) is 5.56 Å². The number of rotatable bonds is 6. The molecule has 1 aromatic rings. The minimum Gasteiger partial charge on any atom is -0.347 e. The van der Waals surface area contributed by atoms with Crippen molar-refractivity contribution in [3.05, 3.63) is 35.9 Å². The lowest BCUT2D eigenvalue weighted by Crippen LogP contribution is -2.39. The van der Waals surface area contributed by atoms with E-state index < -0.39 is 17.1 Å². The van der Waals surface area contributed by atoms with E-state index in [1.54, 1.807) is 0 Å². The molecule has 0 amide bonds. The number of ether oxygens (including phenoxy) is 2. The Morgan fingerprint density at radius 2 is 2.00 bits per heavy atom. The summed E-state index contributed by atoms with van der Waals surface area (Å²) in [5, 5.41) is 0. The average Bonchev–Trinajstić information content (AvgIpc) is 2.90. The SMILES string of the molecule is CCC1(C(COS(=O)O)c2ccccc2)OCCO1. The van der Waals surface area contributed by atoms with Crippen LogP contribution in [0, 0.1) is 0 Å². The van der Waals surface area contributed by atoms with Crippen molar-refractivity contribution in [1.29, 1.82) is 0 Å². The number of hydrogen-bond acceptors (Lipinski definition) is 4. The van der Waals surface area contributed by atoms with Gasteiger partial charge in [-0.25, -0.2) is 0 Å². The zero-order valence-electron chi connectivity index (χ0n) is 10.8. The normalized spacial score (nSPS) is 21.2. The molecule has 1 N–H and O–H groups in total. The lowest BCUT2D eigenvalue weighted by molar-refractivity contribution is -0.181. The van der Waals surface area contributed by atoms with Crippen LogP contribution in [-0.2, 0) is 25.0 Å². The molecule has 0 aromatic heterocycles. The summed E-state index contributed by atoms with van der Waals surface area (Å²) >= 11 is -2.29. The largest absolute Gasteiger partial charge is 0.347 e. The minimum absolute atomic E-state index is 0.0704. The molecule has 0 aliphatic carbocycles. The highest BCUT2D eigenvalue weighted by atomic mass is 32.2. The monoisotopic (exact) mass is 286 g/mol. The minimum atomic E-state index is -2.29. The summed E-state index contributed by atoms with van der Waals surface area (Å²) in [5.41, 5.74) is 0.969. The Balaban J connectivity index is 2.25. The first kappa shape index (κ1) is 14.6. The van der Waals surface area contributed by atoms with E-state index in [1.165, 1.54) is 0 Å². The lowest BCUT2D eigenvalue weighted by atomic mass is 9.89. The lowest BCUT2D eigenvalue weighted by Gasteiger charge is -2.34. The molecular weight excluding hydrogens is 268 g/mol. The van der Waals surface area contributed by atoms with E-state index in [2.05, 4.69) is 0 Å². The quantitative estimate of drug-likeness (QED) is 0.811. The van der Waals surface area contributed by atoms with Crippen LogP contribution in [0.5, 0.6) is 0 Å². The molecule has 2 rings (SSSR count). The van der Waals surface area contributed by atoms with Crippen LogP contribution in [0.25, 0.3) is 0 Å². The van der Waals surface area contributed by atoms with Gasteiger partial charge in [0.05, 0.1) is 25.7 Å². The molecule has 1 saturated heterocycles. The van der Waals surface area contributed by atoms with Crippen LogP contribution in [0.4, 0.5) is 0 Å². The highest BCUT2D eigenvalue weighted by Gasteiger charge is 2.44. The summed E-state index contributed by atoms with van der Waals surface area (Å²) < 4.78 is 35.9. The van der Waals surface area contributed by atoms with Crippen LogP contribution >= 0.6 is 0 Å². The molecule has 2 atom stereocenters. The van der Waals surface area contributed by atoms with E-state index in [-0.39, 0.29) is 12.5 Å². The molecule has 2 unspecified atom stereocenters. The Hall–Kier alpha value is -0.790. The van der Waals surface area contributed by atoms with Crippen LogP contribution in [0.15, 0.2) is 30.3 Å². The summed E-state index contributed by atoms with van der Waals surface area (Å²) in [7, 11) is 0. The molecule has 19 heavy (non-hydrogen) atoms. The van der Waals surface area contributed by atoms with Gasteiger partial charge in [-0.1, -0.05) is 37.3 Å². The van der Waals surface area contributed by atoms with Gasteiger partial charge in [0, 0.05) is 0 Å². The third-order valence-corrected chi connectivity index (χ3v) is 3.67. The predicted octanol–water partition coefficient (Wildman–Crippen LogP) is 2.08. The molecule has 0 radical (unpaired) electrons. The van der Waals surface area contributed by atoms with Gasteiger partial charge in [-0.05, 0) is 12.0 Å². The van der Waals surface area contributed by atoms with Crippen molar-refractivity contribution in [3.8, 4) is 0 Å². The van der Waals surface area contributed by atoms with Crippen LogP contribution in [0.2, 0.25) is 0 Å². The van der Waals surface area contributed by atoms with E-state index in [1.807, 2.05) is 37.3 Å². The van der Waals surface area contributed by atoms with Crippen LogP contribution in [0.1, 0.15) is 24.8 Å². The summed E-state index contributed by atoms with van der Waals surface area (Å²) in [4.78, 5) is 0. The maximum Gasteiger partial charge on any atom is 0.301 e. The van der Waals surface area contributed by atoms with E-state index in [0.29, 0.717) is 19.6 Å². The van der Waals surface area contributed by atoms with E-state index in [9.17, 15) is 4.21 Å². The molecule has 1 aliphatic heterocycles. The Morgan fingerprint density at radius 3 is 2.53 bits per heavy atom. The summed E-state index contributed by atoms with van der Waals surface area (Å²) in [6.07, 6.45) is 0.647. The Kier molecular flexibility index (Phi) is 5.06. The van der Waals surface area contributed by atoms with Gasteiger partial charge in [0.25, 0.3) is 0 Å².